The number of aliphatic hydroxyl groups is 1. The molecule has 9 heteroatoms. The van der Waals surface area contributed by atoms with Crippen molar-refractivity contribution in [3.8, 4) is 0 Å². The molecule has 7 nitrogen and oxygen atoms in total. The molecule has 1 N–H and O–H groups in total. The number of thioether (sulfide) groups is 1. The van der Waals surface area contributed by atoms with Gasteiger partial charge in [0.1, 0.15) is 6.04 Å². The smallest absolute Gasteiger partial charge is 0.310 e. The van der Waals surface area contributed by atoms with Gasteiger partial charge in [0, 0.05) is 35.3 Å². The van der Waals surface area contributed by atoms with E-state index in [9.17, 15) is 19.5 Å². The molecule has 0 saturated carbocycles. The maximum atomic E-state index is 14.8. The SMILES string of the molecule is C=CCCCCOC(=O)[C@H]1[C@H]2C(=O)N(CCCCCCO)C(C(=O)N(CC=C)C(C)(C)CC(C)(C)C)C23CC(Br)[C@@H]1S3. The van der Waals surface area contributed by atoms with Gasteiger partial charge >= 0.3 is 5.97 Å². The second-order valence-electron chi connectivity index (χ2n) is 14.1. The maximum Gasteiger partial charge on any atom is 0.310 e. The number of aliphatic hydroxyl groups excluding tert-OH is 1. The predicted octanol–water partition coefficient (Wildman–Crippen LogP) is 6.13. The molecule has 0 aliphatic carbocycles. The lowest BCUT2D eigenvalue weighted by atomic mass is 9.70. The van der Waals surface area contributed by atoms with E-state index in [0.29, 0.717) is 26.1 Å². The molecular formula is C33H53BrN2O5S. The third-order valence-electron chi connectivity index (χ3n) is 8.92. The number of nitrogens with zero attached hydrogens (tertiary/aromatic N) is 2. The zero-order valence-electron chi connectivity index (χ0n) is 26.4. The van der Waals surface area contributed by atoms with E-state index in [1.807, 2.05) is 11.0 Å². The highest BCUT2D eigenvalue weighted by Crippen LogP contribution is 2.68. The first-order chi connectivity index (χ1) is 19.8. The van der Waals surface area contributed by atoms with E-state index in [1.54, 1.807) is 22.7 Å². The second kappa shape index (κ2) is 14.6. The lowest BCUT2D eigenvalue weighted by Crippen LogP contribution is -2.60. The molecule has 0 aromatic carbocycles. The zero-order valence-corrected chi connectivity index (χ0v) is 28.8. The number of ether oxygens (including phenoxy) is 1. The minimum absolute atomic E-state index is 0.00997. The van der Waals surface area contributed by atoms with Crippen LogP contribution in [-0.4, -0.2) is 85.4 Å². The third-order valence-corrected chi connectivity index (χ3v) is 12.1. The Morgan fingerprint density at radius 2 is 1.81 bits per heavy atom. The summed E-state index contributed by atoms with van der Waals surface area (Å²) < 4.78 is 5.08. The van der Waals surface area contributed by atoms with Gasteiger partial charge in [-0.25, -0.2) is 0 Å². The van der Waals surface area contributed by atoms with Gasteiger partial charge in [0.25, 0.3) is 0 Å². The molecule has 1 spiro atoms. The monoisotopic (exact) mass is 668 g/mol. The Kier molecular flexibility index (Phi) is 12.3. The van der Waals surface area contributed by atoms with Gasteiger partial charge in [-0.15, -0.1) is 24.9 Å². The highest BCUT2D eigenvalue weighted by atomic mass is 79.9. The van der Waals surface area contributed by atoms with E-state index in [0.717, 1.165) is 51.4 Å². The third kappa shape index (κ3) is 7.48. The zero-order chi connectivity index (χ0) is 31.3. The lowest BCUT2D eigenvalue weighted by Gasteiger charge is -2.46. The molecule has 3 unspecified atom stereocenters. The van der Waals surface area contributed by atoms with Crippen molar-refractivity contribution in [3.05, 3.63) is 25.3 Å². The van der Waals surface area contributed by atoms with E-state index in [-0.39, 0.29) is 39.9 Å². The first-order valence-corrected chi connectivity index (χ1v) is 17.5. The fourth-order valence-electron chi connectivity index (χ4n) is 7.63. The quantitative estimate of drug-likeness (QED) is 0.0868. The summed E-state index contributed by atoms with van der Waals surface area (Å²) in [5, 5.41) is 9.10. The molecule has 0 aromatic rings. The van der Waals surface area contributed by atoms with E-state index in [1.165, 1.54) is 0 Å². The van der Waals surface area contributed by atoms with Crippen LogP contribution in [0.15, 0.2) is 25.3 Å². The van der Waals surface area contributed by atoms with Crippen LogP contribution in [0.2, 0.25) is 0 Å². The summed E-state index contributed by atoms with van der Waals surface area (Å²) in [5.41, 5.74) is -0.475. The van der Waals surface area contributed by atoms with Crippen LogP contribution in [0.25, 0.3) is 0 Å². The van der Waals surface area contributed by atoms with E-state index >= 15 is 0 Å². The molecule has 3 fully saturated rings. The number of amides is 2. The fourth-order valence-corrected chi connectivity index (χ4v) is 11.2. The molecule has 0 aromatic heterocycles. The summed E-state index contributed by atoms with van der Waals surface area (Å²) >= 11 is 5.51. The summed E-state index contributed by atoms with van der Waals surface area (Å²) in [4.78, 5) is 46.5. The van der Waals surface area contributed by atoms with Crippen LogP contribution in [0.4, 0.5) is 0 Å². The minimum Gasteiger partial charge on any atom is -0.465 e. The fraction of sp³-hybridized carbons (Fsp3) is 0.788. The van der Waals surface area contributed by atoms with Crippen LogP contribution in [-0.2, 0) is 19.1 Å². The first kappa shape index (κ1) is 35.2. The van der Waals surface area contributed by atoms with Crippen molar-refractivity contribution in [3.63, 3.8) is 0 Å². The van der Waals surface area contributed by atoms with E-state index < -0.39 is 28.2 Å². The van der Waals surface area contributed by atoms with Crippen LogP contribution in [0, 0.1) is 17.3 Å². The molecule has 3 saturated heterocycles. The van der Waals surface area contributed by atoms with Gasteiger partial charge in [-0.05, 0) is 64.2 Å². The summed E-state index contributed by atoms with van der Waals surface area (Å²) in [7, 11) is 0. The first-order valence-electron chi connectivity index (χ1n) is 15.7. The number of rotatable bonds is 17. The highest BCUT2D eigenvalue weighted by Gasteiger charge is 2.76. The van der Waals surface area contributed by atoms with Gasteiger partial charge in [0.15, 0.2) is 0 Å². The number of halogens is 1. The van der Waals surface area contributed by atoms with Crippen molar-refractivity contribution < 1.29 is 24.2 Å². The minimum atomic E-state index is -0.693. The summed E-state index contributed by atoms with van der Waals surface area (Å²) in [6, 6.07) is -0.660. The van der Waals surface area contributed by atoms with Gasteiger partial charge in [-0.3, -0.25) is 14.4 Å². The van der Waals surface area contributed by atoms with Gasteiger partial charge in [0.05, 0.1) is 23.2 Å². The van der Waals surface area contributed by atoms with Crippen LogP contribution in [0.3, 0.4) is 0 Å². The Morgan fingerprint density at radius 1 is 1.12 bits per heavy atom. The average molecular weight is 670 g/mol. The number of hydrogen-bond donors (Lipinski definition) is 1. The van der Waals surface area contributed by atoms with Crippen molar-refractivity contribution in [1.82, 2.24) is 9.80 Å². The molecule has 238 valence electrons. The van der Waals surface area contributed by atoms with Crippen LogP contribution >= 0.6 is 27.7 Å². The van der Waals surface area contributed by atoms with Gasteiger partial charge in [0.2, 0.25) is 11.8 Å². The number of carbonyl (C=O) groups is 3. The molecular weight excluding hydrogens is 616 g/mol. The number of likely N-dealkylation sites (tertiary alicyclic amines) is 1. The Hall–Kier alpha value is -1.32. The Morgan fingerprint density at radius 3 is 2.43 bits per heavy atom. The van der Waals surface area contributed by atoms with Crippen molar-refractivity contribution >= 4 is 45.5 Å². The number of unbranched alkanes of at least 4 members (excludes halogenated alkanes) is 5. The number of hydrogen-bond acceptors (Lipinski definition) is 6. The number of fused-ring (bicyclic) bond motifs is 1. The molecule has 3 rings (SSSR count). The predicted molar refractivity (Wildman–Crippen MR) is 175 cm³/mol. The Bertz CT molecular complexity index is 997. The van der Waals surface area contributed by atoms with Gasteiger partial charge in [-0.2, -0.15) is 0 Å². The Balaban J connectivity index is 1.97. The van der Waals surface area contributed by atoms with E-state index in [4.69, 9.17) is 4.74 Å². The van der Waals surface area contributed by atoms with Crippen molar-refractivity contribution in [2.75, 3.05) is 26.3 Å². The number of alkyl halides is 1. The van der Waals surface area contributed by atoms with Crippen LogP contribution < -0.4 is 0 Å². The summed E-state index contributed by atoms with van der Waals surface area (Å²) in [5.74, 6) is -1.62. The van der Waals surface area contributed by atoms with Crippen molar-refractivity contribution in [2.24, 2.45) is 17.3 Å². The normalized spacial score (nSPS) is 28.6. The maximum absolute atomic E-state index is 14.8. The highest BCUT2D eigenvalue weighted by molar-refractivity contribution is 9.09. The molecule has 3 aliphatic heterocycles. The van der Waals surface area contributed by atoms with Crippen molar-refractivity contribution in [2.45, 2.75) is 119 Å². The van der Waals surface area contributed by atoms with E-state index in [2.05, 4.69) is 63.7 Å². The van der Waals surface area contributed by atoms with Gasteiger partial charge < -0.3 is 19.6 Å². The number of esters is 1. The summed E-state index contributed by atoms with van der Waals surface area (Å²) in [6.07, 6.45) is 10.8. The molecule has 42 heavy (non-hydrogen) atoms. The van der Waals surface area contributed by atoms with Gasteiger partial charge in [-0.1, -0.05) is 61.7 Å². The largest absolute Gasteiger partial charge is 0.465 e. The summed E-state index contributed by atoms with van der Waals surface area (Å²) in [6.45, 7) is 19.8. The van der Waals surface area contributed by atoms with Crippen LogP contribution in [0.1, 0.15) is 92.4 Å². The number of carbonyl (C=O) groups excluding carboxylic acids is 3. The Labute approximate surface area is 266 Å². The topological polar surface area (TPSA) is 87.1 Å². The lowest BCUT2D eigenvalue weighted by molar-refractivity contribution is -0.154. The molecule has 3 heterocycles. The molecule has 3 aliphatic rings. The van der Waals surface area contributed by atoms with Crippen LogP contribution in [0.5, 0.6) is 0 Å². The second-order valence-corrected chi connectivity index (χ2v) is 16.8. The molecule has 2 amide bonds. The number of allylic oxidation sites excluding steroid dienone is 1. The molecule has 0 radical (unpaired) electrons. The average Bonchev–Trinajstić information content (AvgIpc) is 3.48. The van der Waals surface area contributed by atoms with Crippen molar-refractivity contribution in [1.29, 1.82) is 0 Å². The standard InChI is InChI=1S/C33H53BrN2O5S/c1-8-10-11-16-20-41-30(40)24-25-28(38)35(18-14-12-13-15-19-37)27(33(25)21-23(34)26(24)42-33)29(39)36(17-9-2)32(6,7)22-31(3,4)5/h8-9,23-27,37H,1-2,10-22H2,3-7H3/t23?,24-,25-,26-,27?,33?/m0/s1. The molecule has 2 bridgehead atoms. The molecule has 6 atom stereocenters.